The van der Waals surface area contributed by atoms with E-state index in [1.165, 1.54) is 11.1 Å². The SMILES string of the molecule is Cc1cccn2c(C(C)(C)N3CCN(C)CC3)ncc12. The highest BCUT2D eigenvalue weighted by Gasteiger charge is 2.34. The number of fused-ring (bicyclic) bond motifs is 1. The average Bonchev–Trinajstić information content (AvgIpc) is 2.85. The third kappa shape index (κ3) is 2.13. The summed E-state index contributed by atoms with van der Waals surface area (Å²) >= 11 is 0. The van der Waals surface area contributed by atoms with Gasteiger partial charge in [-0.3, -0.25) is 4.90 Å². The van der Waals surface area contributed by atoms with Gasteiger partial charge < -0.3 is 9.30 Å². The third-order valence-corrected chi connectivity index (χ3v) is 4.62. The molecule has 4 nitrogen and oxygen atoms in total. The molecule has 20 heavy (non-hydrogen) atoms. The first-order valence-electron chi connectivity index (χ1n) is 7.37. The van der Waals surface area contributed by atoms with Gasteiger partial charge in [-0.15, -0.1) is 0 Å². The molecule has 1 aliphatic rings. The van der Waals surface area contributed by atoms with E-state index in [-0.39, 0.29) is 5.54 Å². The van der Waals surface area contributed by atoms with E-state index in [2.05, 4.69) is 60.3 Å². The molecular weight excluding hydrogens is 248 g/mol. The number of nitrogens with zero attached hydrogens (tertiary/aromatic N) is 4. The summed E-state index contributed by atoms with van der Waals surface area (Å²) in [5.41, 5.74) is 2.45. The lowest BCUT2D eigenvalue weighted by atomic mass is 10.0. The summed E-state index contributed by atoms with van der Waals surface area (Å²) < 4.78 is 2.24. The molecule has 0 bridgehead atoms. The van der Waals surface area contributed by atoms with Crippen LogP contribution in [-0.2, 0) is 5.54 Å². The summed E-state index contributed by atoms with van der Waals surface area (Å²) in [5.74, 6) is 1.14. The molecule has 0 N–H and O–H groups in total. The molecule has 4 heteroatoms. The Balaban J connectivity index is 1.99. The molecular formula is C16H24N4. The maximum Gasteiger partial charge on any atom is 0.133 e. The number of aryl methyl sites for hydroxylation is 1. The van der Waals surface area contributed by atoms with E-state index in [1.54, 1.807) is 0 Å². The van der Waals surface area contributed by atoms with Crippen LogP contribution < -0.4 is 0 Å². The van der Waals surface area contributed by atoms with E-state index >= 15 is 0 Å². The molecule has 3 heterocycles. The number of pyridine rings is 1. The van der Waals surface area contributed by atoms with Crippen molar-refractivity contribution in [3.63, 3.8) is 0 Å². The first-order valence-corrected chi connectivity index (χ1v) is 7.37. The highest BCUT2D eigenvalue weighted by atomic mass is 15.3. The van der Waals surface area contributed by atoms with E-state index < -0.39 is 0 Å². The van der Waals surface area contributed by atoms with Crippen molar-refractivity contribution in [2.45, 2.75) is 26.3 Å². The lowest BCUT2D eigenvalue weighted by molar-refractivity contribution is 0.0548. The number of imidazole rings is 1. The van der Waals surface area contributed by atoms with E-state index in [0.717, 1.165) is 32.0 Å². The van der Waals surface area contributed by atoms with E-state index in [0.29, 0.717) is 0 Å². The zero-order valence-electron chi connectivity index (χ0n) is 12.9. The number of piperazine rings is 1. The summed E-state index contributed by atoms with van der Waals surface area (Å²) in [6.45, 7) is 11.2. The van der Waals surface area contributed by atoms with Crippen LogP contribution in [0.4, 0.5) is 0 Å². The highest BCUT2D eigenvalue weighted by Crippen LogP contribution is 2.28. The van der Waals surface area contributed by atoms with Crippen LogP contribution in [0.25, 0.3) is 5.52 Å². The maximum absolute atomic E-state index is 4.73. The number of aromatic nitrogens is 2. The van der Waals surface area contributed by atoms with Gasteiger partial charge in [-0.2, -0.15) is 0 Å². The fourth-order valence-corrected chi connectivity index (χ4v) is 3.12. The number of hydrogen-bond donors (Lipinski definition) is 0. The van der Waals surface area contributed by atoms with Crippen LogP contribution in [0.5, 0.6) is 0 Å². The minimum Gasteiger partial charge on any atom is -0.304 e. The van der Waals surface area contributed by atoms with E-state index in [4.69, 9.17) is 4.98 Å². The molecule has 0 unspecified atom stereocenters. The van der Waals surface area contributed by atoms with Gasteiger partial charge in [0.2, 0.25) is 0 Å². The first kappa shape index (κ1) is 13.6. The predicted molar refractivity (Wildman–Crippen MR) is 82.0 cm³/mol. The minimum absolute atomic E-state index is 0.0402. The van der Waals surface area contributed by atoms with Crippen LogP contribution in [0.15, 0.2) is 24.5 Å². The van der Waals surface area contributed by atoms with Crippen molar-refractivity contribution in [1.29, 1.82) is 0 Å². The smallest absolute Gasteiger partial charge is 0.133 e. The van der Waals surface area contributed by atoms with E-state index in [9.17, 15) is 0 Å². The van der Waals surface area contributed by atoms with Crippen LogP contribution in [0.1, 0.15) is 25.2 Å². The summed E-state index contributed by atoms with van der Waals surface area (Å²) in [4.78, 5) is 9.66. The Morgan fingerprint density at radius 3 is 2.55 bits per heavy atom. The van der Waals surface area contributed by atoms with Gasteiger partial charge in [0.15, 0.2) is 0 Å². The van der Waals surface area contributed by atoms with Crippen molar-refractivity contribution in [2.75, 3.05) is 33.2 Å². The quantitative estimate of drug-likeness (QED) is 0.837. The summed E-state index contributed by atoms with van der Waals surface area (Å²) in [6, 6.07) is 4.25. The van der Waals surface area contributed by atoms with Gasteiger partial charge in [0, 0.05) is 32.4 Å². The second-order valence-electron chi connectivity index (χ2n) is 6.38. The van der Waals surface area contributed by atoms with Crippen molar-refractivity contribution < 1.29 is 0 Å². The van der Waals surface area contributed by atoms with Gasteiger partial charge in [0.1, 0.15) is 5.82 Å². The molecule has 0 amide bonds. The Bertz CT molecular complexity index is 606. The fraction of sp³-hybridized carbons (Fsp3) is 0.562. The lowest BCUT2D eigenvalue weighted by Gasteiger charge is -2.42. The van der Waals surface area contributed by atoms with Gasteiger partial charge in [0.25, 0.3) is 0 Å². The van der Waals surface area contributed by atoms with Gasteiger partial charge in [0.05, 0.1) is 17.3 Å². The molecule has 0 spiro atoms. The highest BCUT2D eigenvalue weighted by molar-refractivity contribution is 5.53. The predicted octanol–water partition coefficient (Wildman–Crippen LogP) is 2.13. The monoisotopic (exact) mass is 272 g/mol. The molecule has 0 atom stereocenters. The Morgan fingerprint density at radius 1 is 1.15 bits per heavy atom. The molecule has 0 radical (unpaired) electrons. The van der Waals surface area contributed by atoms with Crippen molar-refractivity contribution in [3.8, 4) is 0 Å². The van der Waals surface area contributed by atoms with Crippen LogP contribution in [-0.4, -0.2) is 52.4 Å². The molecule has 108 valence electrons. The van der Waals surface area contributed by atoms with Crippen molar-refractivity contribution >= 4 is 5.52 Å². The molecule has 1 saturated heterocycles. The number of likely N-dealkylation sites (N-methyl/N-ethyl adjacent to an activating group) is 1. The molecule has 0 saturated carbocycles. The fourth-order valence-electron chi connectivity index (χ4n) is 3.12. The van der Waals surface area contributed by atoms with Crippen LogP contribution in [0, 0.1) is 6.92 Å². The number of rotatable bonds is 2. The summed E-state index contributed by atoms with van der Waals surface area (Å²) in [5, 5.41) is 0. The van der Waals surface area contributed by atoms with E-state index in [1.807, 2.05) is 6.20 Å². The van der Waals surface area contributed by atoms with Crippen LogP contribution in [0.2, 0.25) is 0 Å². The van der Waals surface area contributed by atoms with Crippen molar-refractivity contribution in [2.24, 2.45) is 0 Å². The van der Waals surface area contributed by atoms with Crippen molar-refractivity contribution in [3.05, 3.63) is 35.9 Å². The van der Waals surface area contributed by atoms with Gasteiger partial charge in [-0.05, 0) is 39.4 Å². The van der Waals surface area contributed by atoms with Gasteiger partial charge in [-0.1, -0.05) is 6.07 Å². The largest absolute Gasteiger partial charge is 0.304 e. The molecule has 1 aliphatic heterocycles. The zero-order valence-corrected chi connectivity index (χ0v) is 12.9. The second kappa shape index (κ2) is 4.86. The molecule has 1 fully saturated rings. The zero-order chi connectivity index (χ0) is 14.3. The maximum atomic E-state index is 4.73. The van der Waals surface area contributed by atoms with Crippen LogP contribution in [0.3, 0.4) is 0 Å². The van der Waals surface area contributed by atoms with Gasteiger partial charge in [-0.25, -0.2) is 4.98 Å². The van der Waals surface area contributed by atoms with Crippen LogP contribution >= 0.6 is 0 Å². The third-order valence-electron chi connectivity index (χ3n) is 4.62. The summed E-state index contributed by atoms with van der Waals surface area (Å²) in [7, 11) is 2.19. The average molecular weight is 272 g/mol. The topological polar surface area (TPSA) is 23.8 Å². The first-order chi connectivity index (χ1) is 9.50. The normalized spacial score (nSPS) is 18.8. The Labute approximate surface area is 121 Å². The molecule has 2 aromatic rings. The Hall–Kier alpha value is -1.39. The lowest BCUT2D eigenvalue weighted by Crippen LogP contribution is -2.52. The standard InChI is InChI=1S/C16H24N4/c1-13-6-5-7-20-14(13)12-17-15(20)16(2,3)19-10-8-18(4)9-11-19/h5-7,12H,8-11H2,1-4H3. The molecule has 0 aromatic carbocycles. The number of hydrogen-bond acceptors (Lipinski definition) is 3. The second-order valence-corrected chi connectivity index (χ2v) is 6.38. The van der Waals surface area contributed by atoms with Gasteiger partial charge >= 0.3 is 0 Å². The molecule has 3 rings (SSSR count). The van der Waals surface area contributed by atoms with Crippen molar-refractivity contribution in [1.82, 2.24) is 19.2 Å². The Morgan fingerprint density at radius 2 is 1.85 bits per heavy atom. The molecule has 0 aliphatic carbocycles. The summed E-state index contributed by atoms with van der Waals surface area (Å²) in [6.07, 6.45) is 4.13. The Kier molecular flexibility index (Phi) is 3.30. The minimum atomic E-state index is -0.0402. The molecule has 2 aromatic heterocycles.